The van der Waals surface area contributed by atoms with Gasteiger partial charge in [0.2, 0.25) is 0 Å². The van der Waals surface area contributed by atoms with E-state index in [1.807, 2.05) is 38.4 Å². The average Bonchev–Trinajstić information content (AvgIpc) is 2.46. The molecule has 0 heterocycles. The molecule has 0 aliphatic carbocycles. The molecule has 5 nitrogen and oxygen atoms in total. The number of ether oxygens (including phenoxy) is 2. The SMILES string of the molecule is COC(=O)C/C(=C\c1ccc(CN(C)C)cc1)C(=O)OC. The van der Waals surface area contributed by atoms with Gasteiger partial charge in [-0.25, -0.2) is 4.79 Å². The second-order valence-corrected chi connectivity index (χ2v) is 4.89. The third-order valence-corrected chi connectivity index (χ3v) is 2.83. The predicted octanol–water partition coefficient (Wildman–Crippen LogP) is 1.87. The van der Waals surface area contributed by atoms with Gasteiger partial charge < -0.3 is 14.4 Å². The Morgan fingerprint density at radius 2 is 1.71 bits per heavy atom. The van der Waals surface area contributed by atoms with Crippen molar-refractivity contribution in [3.8, 4) is 0 Å². The van der Waals surface area contributed by atoms with E-state index in [2.05, 4.69) is 14.4 Å². The van der Waals surface area contributed by atoms with Crippen LogP contribution in [-0.2, 0) is 25.6 Å². The topological polar surface area (TPSA) is 55.8 Å². The quantitative estimate of drug-likeness (QED) is 0.591. The molecule has 0 fully saturated rings. The van der Waals surface area contributed by atoms with Gasteiger partial charge in [0.25, 0.3) is 0 Å². The fraction of sp³-hybridized carbons (Fsp3) is 0.375. The van der Waals surface area contributed by atoms with Crippen LogP contribution in [0.25, 0.3) is 6.08 Å². The Morgan fingerprint density at radius 1 is 1.10 bits per heavy atom. The van der Waals surface area contributed by atoms with Crippen LogP contribution in [0.2, 0.25) is 0 Å². The minimum absolute atomic E-state index is 0.109. The second kappa shape index (κ2) is 8.21. The summed E-state index contributed by atoms with van der Waals surface area (Å²) in [6.45, 7) is 0.843. The minimum Gasteiger partial charge on any atom is -0.469 e. The summed E-state index contributed by atoms with van der Waals surface area (Å²) in [5.74, 6) is -1.01. The fourth-order valence-corrected chi connectivity index (χ4v) is 1.83. The summed E-state index contributed by atoms with van der Waals surface area (Å²) in [6, 6.07) is 7.77. The first-order valence-electron chi connectivity index (χ1n) is 6.55. The van der Waals surface area contributed by atoms with Gasteiger partial charge in [0, 0.05) is 12.1 Å². The molecule has 0 aromatic heterocycles. The maximum absolute atomic E-state index is 11.7. The molecule has 5 heteroatoms. The lowest BCUT2D eigenvalue weighted by molar-refractivity contribution is -0.143. The molecule has 0 bridgehead atoms. The van der Waals surface area contributed by atoms with Gasteiger partial charge in [0.15, 0.2) is 0 Å². The van der Waals surface area contributed by atoms with Gasteiger partial charge in [0.1, 0.15) is 0 Å². The lowest BCUT2D eigenvalue weighted by Crippen LogP contribution is -2.11. The van der Waals surface area contributed by atoms with Crippen molar-refractivity contribution in [2.24, 2.45) is 0 Å². The van der Waals surface area contributed by atoms with Crippen LogP contribution >= 0.6 is 0 Å². The Morgan fingerprint density at radius 3 is 2.19 bits per heavy atom. The van der Waals surface area contributed by atoms with Gasteiger partial charge in [-0.1, -0.05) is 24.3 Å². The van der Waals surface area contributed by atoms with Crippen LogP contribution in [0, 0.1) is 0 Å². The predicted molar refractivity (Wildman–Crippen MR) is 80.5 cm³/mol. The molecule has 0 saturated carbocycles. The maximum atomic E-state index is 11.7. The van der Waals surface area contributed by atoms with Crippen LogP contribution in [0.1, 0.15) is 17.5 Å². The van der Waals surface area contributed by atoms with Gasteiger partial charge in [0.05, 0.1) is 20.6 Å². The van der Waals surface area contributed by atoms with Crippen molar-refractivity contribution in [1.29, 1.82) is 0 Å². The van der Waals surface area contributed by atoms with Crippen LogP contribution < -0.4 is 0 Å². The second-order valence-electron chi connectivity index (χ2n) is 4.89. The molecule has 0 aliphatic heterocycles. The first-order chi connectivity index (χ1) is 9.96. The molecular formula is C16H21NO4. The van der Waals surface area contributed by atoms with E-state index in [-0.39, 0.29) is 12.0 Å². The molecule has 1 rings (SSSR count). The van der Waals surface area contributed by atoms with Crippen molar-refractivity contribution < 1.29 is 19.1 Å². The highest BCUT2D eigenvalue weighted by Gasteiger charge is 2.14. The van der Waals surface area contributed by atoms with Gasteiger partial charge >= 0.3 is 11.9 Å². The molecular weight excluding hydrogens is 270 g/mol. The number of hydrogen-bond donors (Lipinski definition) is 0. The molecule has 0 unspecified atom stereocenters. The molecule has 0 amide bonds. The lowest BCUT2D eigenvalue weighted by Gasteiger charge is -2.09. The van der Waals surface area contributed by atoms with Crippen LogP contribution in [0.15, 0.2) is 29.8 Å². The van der Waals surface area contributed by atoms with E-state index in [0.29, 0.717) is 0 Å². The zero-order chi connectivity index (χ0) is 15.8. The molecule has 0 N–H and O–H groups in total. The number of carbonyl (C=O) groups excluding carboxylic acids is 2. The Hall–Kier alpha value is -2.14. The highest BCUT2D eigenvalue weighted by molar-refractivity contribution is 5.98. The number of esters is 2. The molecule has 114 valence electrons. The Kier molecular flexibility index (Phi) is 6.62. The van der Waals surface area contributed by atoms with E-state index in [4.69, 9.17) is 0 Å². The minimum atomic E-state index is -0.530. The van der Waals surface area contributed by atoms with Gasteiger partial charge in [-0.05, 0) is 31.3 Å². The third-order valence-electron chi connectivity index (χ3n) is 2.83. The summed E-state index contributed by atoms with van der Waals surface area (Å²) in [7, 11) is 6.57. The molecule has 0 radical (unpaired) electrons. The summed E-state index contributed by atoms with van der Waals surface area (Å²) in [6.07, 6.45) is 1.53. The van der Waals surface area contributed by atoms with Crippen LogP contribution in [0.4, 0.5) is 0 Å². The number of nitrogens with zero attached hydrogens (tertiary/aromatic N) is 1. The van der Waals surface area contributed by atoms with Crippen LogP contribution in [0.3, 0.4) is 0 Å². The number of rotatable bonds is 6. The highest BCUT2D eigenvalue weighted by Crippen LogP contribution is 2.14. The average molecular weight is 291 g/mol. The van der Waals surface area contributed by atoms with E-state index in [0.717, 1.165) is 12.1 Å². The van der Waals surface area contributed by atoms with E-state index in [1.165, 1.54) is 19.8 Å². The van der Waals surface area contributed by atoms with Crippen LogP contribution in [-0.4, -0.2) is 45.2 Å². The van der Waals surface area contributed by atoms with Crippen molar-refractivity contribution in [2.75, 3.05) is 28.3 Å². The summed E-state index contributed by atoms with van der Waals surface area (Å²) in [4.78, 5) is 25.1. The highest BCUT2D eigenvalue weighted by atomic mass is 16.5. The van der Waals surface area contributed by atoms with Gasteiger partial charge in [-0.3, -0.25) is 4.79 Å². The molecule has 1 aromatic rings. The summed E-state index contributed by atoms with van der Waals surface area (Å²) < 4.78 is 9.27. The van der Waals surface area contributed by atoms with Crippen molar-refractivity contribution in [3.05, 3.63) is 41.0 Å². The number of benzene rings is 1. The molecule has 0 aliphatic rings. The summed E-state index contributed by atoms with van der Waals surface area (Å²) in [5, 5.41) is 0. The largest absolute Gasteiger partial charge is 0.469 e. The third kappa shape index (κ3) is 5.79. The Balaban J connectivity index is 2.93. The fourth-order valence-electron chi connectivity index (χ4n) is 1.83. The van der Waals surface area contributed by atoms with Crippen molar-refractivity contribution >= 4 is 18.0 Å². The molecule has 0 saturated heterocycles. The molecule has 21 heavy (non-hydrogen) atoms. The Bertz CT molecular complexity index is 518. The van der Waals surface area contributed by atoms with E-state index < -0.39 is 11.9 Å². The summed E-state index contributed by atoms with van der Waals surface area (Å²) in [5.41, 5.74) is 2.27. The van der Waals surface area contributed by atoms with Gasteiger partial charge in [-0.15, -0.1) is 0 Å². The van der Waals surface area contributed by atoms with E-state index in [9.17, 15) is 9.59 Å². The van der Waals surface area contributed by atoms with Crippen LogP contribution in [0.5, 0.6) is 0 Å². The lowest BCUT2D eigenvalue weighted by atomic mass is 10.1. The van der Waals surface area contributed by atoms with Crippen molar-refractivity contribution in [2.45, 2.75) is 13.0 Å². The number of carbonyl (C=O) groups is 2. The smallest absolute Gasteiger partial charge is 0.334 e. The van der Waals surface area contributed by atoms with Gasteiger partial charge in [-0.2, -0.15) is 0 Å². The molecule has 0 spiro atoms. The zero-order valence-electron chi connectivity index (χ0n) is 12.9. The summed E-state index contributed by atoms with van der Waals surface area (Å²) >= 11 is 0. The van der Waals surface area contributed by atoms with Crippen molar-refractivity contribution in [3.63, 3.8) is 0 Å². The zero-order valence-corrected chi connectivity index (χ0v) is 12.9. The van der Waals surface area contributed by atoms with E-state index in [1.54, 1.807) is 6.08 Å². The molecule has 1 aromatic carbocycles. The Labute approximate surface area is 125 Å². The first-order valence-corrected chi connectivity index (χ1v) is 6.55. The number of hydrogen-bond acceptors (Lipinski definition) is 5. The van der Waals surface area contributed by atoms with Crippen molar-refractivity contribution in [1.82, 2.24) is 4.90 Å². The monoisotopic (exact) mass is 291 g/mol. The molecule has 0 atom stereocenters. The maximum Gasteiger partial charge on any atom is 0.334 e. The van der Waals surface area contributed by atoms with E-state index >= 15 is 0 Å². The standard InChI is InChI=1S/C16H21NO4/c1-17(2)11-13-7-5-12(6-8-13)9-14(16(19)21-4)10-15(18)20-3/h5-9H,10-11H2,1-4H3/b14-9+. The first kappa shape index (κ1) is 16.9. The number of methoxy groups -OCH3 is 2. The normalized spacial score (nSPS) is 11.4.